The van der Waals surface area contributed by atoms with E-state index in [0.29, 0.717) is 12.1 Å². The van der Waals surface area contributed by atoms with E-state index in [1.807, 2.05) is 0 Å². The number of halogens is 1. The minimum atomic E-state index is 0.410. The number of hydrogen-bond donors (Lipinski definition) is 0. The third kappa shape index (κ3) is 1.97. The van der Waals surface area contributed by atoms with Gasteiger partial charge in [0, 0.05) is 34.7 Å². The molecule has 0 spiro atoms. The summed E-state index contributed by atoms with van der Waals surface area (Å²) in [5.41, 5.74) is 4.10. The van der Waals surface area contributed by atoms with Crippen LogP contribution in [0.25, 0.3) is 0 Å². The number of anilines is 1. The summed E-state index contributed by atoms with van der Waals surface area (Å²) in [6.07, 6.45) is 1.61. The summed E-state index contributed by atoms with van der Waals surface area (Å²) in [5, 5.41) is 0. The zero-order chi connectivity index (χ0) is 15.4. The molecular formula is C19H18BrN3. The summed E-state index contributed by atoms with van der Waals surface area (Å²) in [6.45, 7) is 3.07. The summed E-state index contributed by atoms with van der Waals surface area (Å²) in [5.74, 6) is 1.74. The Morgan fingerprint density at radius 2 is 1.78 bits per heavy atom. The maximum absolute atomic E-state index is 4.81. The fraction of sp³-hybridized carbons (Fsp3) is 0.316. The number of para-hydroxylation sites is 1. The number of benzene rings is 2. The molecular weight excluding hydrogens is 350 g/mol. The minimum Gasteiger partial charge on any atom is -0.350 e. The van der Waals surface area contributed by atoms with Gasteiger partial charge in [0.25, 0.3) is 0 Å². The lowest BCUT2D eigenvalue weighted by Crippen LogP contribution is -2.53. The van der Waals surface area contributed by atoms with Gasteiger partial charge in [0.05, 0.1) is 6.54 Å². The summed E-state index contributed by atoms with van der Waals surface area (Å²) in [4.78, 5) is 9.93. The molecule has 0 aromatic heterocycles. The van der Waals surface area contributed by atoms with E-state index in [4.69, 9.17) is 4.99 Å². The van der Waals surface area contributed by atoms with Gasteiger partial charge in [-0.3, -0.25) is 4.99 Å². The molecule has 3 nitrogen and oxygen atoms in total. The van der Waals surface area contributed by atoms with Gasteiger partial charge in [-0.15, -0.1) is 0 Å². The van der Waals surface area contributed by atoms with E-state index >= 15 is 0 Å². The van der Waals surface area contributed by atoms with E-state index in [-0.39, 0.29) is 0 Å². The molecule has 2 aromatic carbocycles. The zero-order valence-electron chi connectivity index (χ0n) is 12.8. The number of nitrogens with zero attached hydrogens (tertiary/aromatic N) is 3. The Bertz CT molecular complexity index is 783. The second-order valence-electron chi connectivity index (χ2n) is 6.47. The zero-order valence-corrected chi connectivity index (χ0v) is 14.4. The molecule has 1 fully saturated rings. The van der Waals surface area contributed by atoms with Crippen molar-refractivity contribution in [1.29, 1.82) is 0 Å². The van der Waals surface area contributed by atoms with Crippen molar-refractivity contribution in [2.45, 2.75) is 18.5 Å². The molecule has 5 rings (SSSR count). The largest absolute Gasteiger partial charge is 0.350 e. The predicted molar refractivity (Wildman–Crippen MR) is 97.2 cm³/mol. The normalized spacial score (nSPS) is 25.0. The standard InChI is InChI=1S/C19H18BrN3/c20-14-7-5-13(6-8-14)15-9-11-22-17-4-2-1-3-16(17)18-21-10-12-23(18)19(15)22/h1-8,15,19H,9-12H2. The third-order valence-electron chi connectivity index (χ3n) is 5.31. The Morgan fingerprint density at radius 1 is 0.957 bits per heavy atom. The minimum absolute atomic E-state index is 0.410. The van der Waals surface area contributed by atoms with Crippen LogP contribution in [0.2, 0.25) is 0 Å². The molecule has 0 bridgehead atoms. The Hall–Kier alpha value is -1.81. The van der Waals surface area contributed by atoms with E-state index in [1.165, 1.54) is 29.1 Å². The Morgan fingerprint density at radius 3 is 2.65 bits per heavy atom. The number of aliphatic imine (C=N–C) groups is 1. The van der Waals surface area contributed by atoms with E-state index in [0.717, 1.165) is 24.1 Å². The van der Waals surface area contributed by atoms with Crippen molar-refractivity contribution in [2.75, 3.05) is 24.5 Å². The van der Waals surface area contributed by atoms with Crippen LogP contribution in [-0.2, 0) is 0 Å². The van der Waals surface area contributed by atoms with Gasteiger partial charge in [-0.05, 0) is 36.2 Å². The highest BCUT2D eigenvalue weighted by molar-refractivity contribution is 9.10. The van der Waals surface area contributed by atoms with Crippen LogP contribution in [-0.4, -0.2) is 36.5 Å². The summed E-state index contributed by atoms with van der Waals surface area (Å²) in [6, 6.07) is 17.6. The molecule has 0 aliphatic carbocycles. The van der Waals surface area contributed by atoms with Gasteiger partial charge in [0.1, 0.15) is 12.0 Å². The van der Waals surface area contributed by atoms with Crippen molar-refractivity contribution in [3.63, 3.8) is 0 Å². The summed E-state index contributed by atoms with van der Waals surface area (Å²) < 4.78 is 1.15. The lowest BCUT2D eigenvalue weighted by Gasteiger charge is -2.43. The van der Waals surface area contributed by atoms with Gasteiger partial charge < -0.3 is 9.80 Å². The van der Waals surface area contributed by atoms with E-state index in [9.17, 15) is 0 Å². The number of rotatable bonds is 1. The lowest BCUT2D eigenvalue weighted by atomic mass is 9.93. The average Bonchev–Trinajstić information content (AvgIpc) is 3.22. The molecule has 23 heavy (non-hydrogen) atoms. The molecule has 3 heterocycles. The fourth-order valence-corrected chi connectivity index (χ4v) is 4.61. The van der Waals surface area contributed by atoms with E-state index < -0.39 is 0 Å². The van der Waals surface area contributed by atoms with Crippen LogP contribution in [0.1, 0.15) is 23.5 Å². The lowest BCUT2D eigenvalue weighted by molar-refractivity contribution is 0.311. The Kier molecular flexibility index (Phi) is 3.02. The van der Waals surface area contributed by atoms with E-state index in [1.54, 1.807) is 0 Å². The smallest absolute Gasteiger partial charge is 0.134 e. The monoisotopic (exact) mass is 367 g/mol. The van der Waals surface area contributed by atoms with Crippen molar-refractivity contribution in [2.24, 2.45) is 4.99 Å². The van der Waals surface area contributed by atoms with Gasteiger partial charge in [-0.2, -0.15) is 0 Å². The predicted octanol–water partition coefficient (Wildman–Crippen LogP) is 3.84. The van der Waals surface area contributed by atoms with Gasteiger partial charge in [0.15, 0.2) is 0 Å². The summed E-state index contributed by atoms with van der Waals surface area (Å²) >= 11 is 3.55. The molecule has 0 amide bonds. The van der Waals surface area contributed by atoms with Gasteiger partial charge in [-0.1, -0.05) is 40.2 Å². The van der Waals surface area contributed by atoms with Gasteiger partial charge in [0.2, 0.25) is 0 Å². The molecule has 4 heteroatoms. The molecule has 2 atom stereocenters. The molecule has 3 aliphatic rings. The highest BCUT2D eigenvalue weighted by Crippen LogP contribution is 2.44. The molecule has 3 aliphatic heterocycles. The number of hydrogen-bond acceptors (Lipinski definition) is 3. The second kappa shape index (κ2) is 5.10. The van der Waals surface area contributed by atoms with E-state index in [2.05, 4.69) is 74.3 Å². The van der Waals surface area contributed by atoms with Crippen LogP contribution < -0.4 is 4.90 Å². The molecule has 116 valence electrons. The molecule has 0 N–H and O–H groups in total. The quantitative estimate of drug-likeness (QED) is 0.762. The Balaban J connectivity index is 1.61. The molecule has 0 radical (unpaired) electrons. The topological polar surface area (TPSA) is 18.8 Å². The maximum Gasteiger partial charge on any atom is 0.134 e. The first kappa shape index (κ1) is 13.6. The van der Waals surface area contributed by atoms with Crippen LogP contribution in [0.3, 0.4) is 0 Å². The van der Waals surface area contributed by atoms with Gasteiger partial charge >= 0.3 is 0 Å². The van der Waals surface area contributed by atoms with Crippen molar-refractivity contribution >= 4 is 27.5 Å². The molecule has 0 saturated carbocycles. The Labute approximate surface area is 144 Å². The maximum atomic E-state index is 4.81. The van der Waals surface area contributed by atoms with Crippen LogP contribution in [0.5, 0.6) is 0 Å². The van der Waals surface area contributed by atoms with Crippen LogP contribution in [0, 0.1) is 0 Å². The molecule has 1 saturated heterocycles. The third-order valence-corrected chi connectivity index (χ3v) is 5.84. The fourth-order valence-electron chi connectivity index (χ4n) is 4.34. The van der Waals surface area contributed by atoms with Crippen LogP contribution in [0.15, 0.2) is 58.0 Å². The van der Waals surface area contributed by atoms with Crippen molar-refractivity contribution in [3.8, 4) is 0 Å². The highest BCUT2D eigenvalue weighted by Gasteiger charge is 2.45. The van der Waals surface area contributed by atoms with Crippen LogP contribution >= 0.6 is 15.9 Å². The second-order valence-corrected chi connectivity index (χ2v) is 7.39. The van der Waals surface area contributed by atoms with Crippen LogP contribution in [0.4, 0.5) is 5.69 Å². The van der Waals surface area contributed by atoms with Gasteiger partial charge in [-0.25, -0.2) is 0 Å². The first-order valence-electron chi connectivity index (χ1n) is 8.25. The molecule has 2 aromatic rings. The van der Waals surface area contributed by atoms with Crippen molar-refractivity contribution < 1.29 is 0 Å². The van der Waals surface area contributed by atoms with Crippen molar-refractivity contribution in [1.82, 2.24) is 4.90 Å². The molecule has 2 unspecified atom stereocenters. The SMILES string of the molecule is Brc1ccc(C2CCN3c4ccccc4C4=NCCN4C23)cc1. The number of fused-ring (bicyclic) bond motifs is 6. The van der Waals surface area contributed by atoms with Crippen molar-refractivity contribution in [3.05, 3.63) is 64.1 Å². The first-order valence-corrected chi connectivity index (χ1v) is 9.05. The average molecular weight is 368 g/mol. The first-order chi connectivity index (χ1) is 11.3. The number of amidine groups is 1. The highest BCUT2D eigenvalue weighted by atomic mass is 79.9. The summed E-state index contributed by atoms with van der Waals surface area (Å²) in [7, 11) is 0.